The Morgan fingerprint density at radius 3 is 2.25 bits per heavy atom. The van der Waals surface area contributed by atoms with Gasteiger partial charge in [-0.05, 0) is 51.7 Å². The van der Waals surface area contributed by atoms with Crippen LogP contribution in [0.1, 0.15) is 41.0 Å². The van der Waals surface area contributed by atoms with Crippen molar-refractivity contribution in [2.75, 3.05) is 12.3 Å². The van der Waals surface area contributed by atoms with Gasteiger partial charge in [-0.25, -0.2) is 0 Å². The van der Waals surface area contributed by atoms with E-state index in [1.54, 1.807) is 0 Å². The van der Waals surface area contributed by atoms with Crippen LogP contribution < -0.4 is 15.9 Å². The third-order valence-corrected chi connectivity index (χ3v) is 4.02. The zero-order valence-corrected chi connectivity index (χ0v) is 13.0. The molecule has 0 spiro atoms. The summed E-state index contributed by atoms with van der Waals surface area (Å²) in [6, 6.07) is 5.70. The molecular weight excluding hydrogens is 253 g/mol. The summed E-state index contributed by atoms with van der Waals surface area (Å²) in [7, 11) is -0.387. The van der Waals surface area contributed by atoms with E-state index in [-0.39, 0.29) is 18.3 Å². The van der Waals surface area contributed by atoms with Crippen LogP contribution in [0.3, 0.4) is 0 Å². The SMILES string of the molecule is CCCOc1ccc(B2OC(C)(C)C(C)(C)O2)cc1N. The van der Waals surface area contributed by atoms with E-state index in [0.717, 1.165) is 11.9 Å². The largest absolute Gasteiger partial charge is 0.494 e. The molecule has 20 heavy (non-hydrogen) atoms. The molecule has 0 atom stereocenters. The van der Waals surface area contributed by atoms with Crippen LogP contribution in [0, 0.1) is 0 Å². The van der Waals surface area contributed by atoms with Crippen LogP contribution in [0.4, 0.5) is 5.69 Å². The van der Waals surface area contributed by atoms with Gasteiger partial charge >= 0.3 is 7.12 Å². The summed E-state index contributed by atoms with van der Waals surface area (Å²) in [5, 5.41) is 0. The van der Waals surface area contributed by atoms with Gasteiger partial charge < -0.3 is 19.8 Å². The van der Waals surface area contributed by atoms with Gasteiger partial charge in [-0.1, -0.05) is 13.0 Å². The van der Waals surface area contributed by atoms with Crippen molar-refractivity contribution in [1.82, 2.24) is 0 Å². The summed E-state index contributed by atoms with van der Waals surface area (Å²) in [6.45, 7) is 10.9. The van der Waals surface area contributed by atoms with Crippen LogP contribution in [-0.2, 0) is 9.31 Å². The van der Waals surface area contributed by atoms with Gasteiger partial charge in [-0.15, -0.1) is 0 Å². The van der Waals surface area contributed by atoms with Gasteiger partial charge in [0.05, 0.1) is 23.5 Å². The van der Waals surface area contributed by atoms with E-state index in [9.17, 15) is 0 Å². The molecule has 0 radical (unpaired) electrons. The lowest BCUT2D eigenvalue weighted by Crippen LogP contribution is -2.41. The van der Waals surface area contributed by atoms with Crippen molar-refractivity contribution in [3.05, 3.63) is 18.2 Å². The van der Waals surface area contributed by atoms with Crippen molar-refractivity contribution in [2.45, 2.75) is 52.2 Å². The Bertz CT molecular complexity index is 472. The molecule has 0 aromatic heterocycles. The lowest BCUT2D eigenvalue weighted by Gasteiger charge is -2.32. The molecule has 2 rings (SSSR count). The molecule has 0 bridgehead atoms. The standard InChI is InChI=1S/C15H24BNO3/c1-6-9-18-13-8-7-11(10-12(13)17)16-19-14(2,3)15(4,5)20-16/h7-8,10H,6,9,17H2,1-5H3. The fraction of sp³-hybridized carbons (Fsp3) is 0.600. The Morgan fingerprint density at radius 2 is 1.75 bits per heavy atom. The van der Waals surface area contributed by atoms with E-state index < -0.39 is 0 Å². The normalized spacial score (nSPS) is 20.1. The Balaban J connectivity index is 2.17. The summed E-state index contributed by atoms with van der Waals surface area (Å²) in [4.78, 5) is 0. The van der Waals surface area contributed by atoms with Gasteiger partial charge in [0.1, 0.15) is 5.75 Å². The van der Waals surface area contributed by atoms with E-state index >= 15 is 0 Å². The topological polar surface area (TPSA) is 53.7 Å². The van der Waals surface area contributed by atoms with Crippen molar-refractivity contribution in [3.8, 4) is 5.75 Å². The lowest BCUT2D eigenvalue weighted by molar-refractivity contribution is 0.00578. The Hall–Kier alpha value is -1.20. The molecule has 1 aliphatic rings. The summed E-state index contributed by atoms with van der Waals surface area (Å²) >= 11 is 0. The summed E-state index contributed by atoms with van der Waals surface area (Å²) in [5.41, 5.74) is 6.88. The summed E-state index contributed by atoms with van der Waals surface area (Å²) in [6.07, 6.45) is 0.957. The molecule has 1 saturated heterocycles. The van der Waals surface area contributed by atoms with Crippen molar-refractivity contribution in [3.63, 3.8) is 0 Å². The molecule has 0 saturated carbocycles. The number of nitrogen functional groups attached to an aromatic ring is 1. The zero-order valence-electron chi connectivity index (χ0n) is 13.0. The Kier molecular flexibility index (Phi) is 4.03. The Labute approximate surface area is 121 Å². The molecule has 0 unspecified atom stereocenters. The summed E-state index contributed by atoms with van der Waals surface area (Å²) in [5.74, 6) is 0.715. The average Bonchev–Trinajstić information content (AvgIpc) is 2.57. The Morgan fingerprint density at radius 1 is 1.15 bits per heavy atom. The fourth-order valence-corrected chi connectivity index (χ4v) is 2.04. The van der Waals surface area contributed by atoms with E-state index in [1.807, 2.05) is 45.9 Å². The maximum Gasteiger partial charge on any atom is 0.494 e. The number of benzene rings is 1. The molecule has 4 nitrogen and oxygen atoms in total. The zero-order chi connectivity index (χ0) is 15.0. The number of rotatable bonds is 4. The quantitative estimate of drug-likeness (QED) is 0.678. The van der Waals surface area contributed by atoms with Crippen molar-refractivity contribution < 1.29 is 14.0 Å². The molecule has 1 aliphatic heterocycles. The predicted molar refractivity (Wildman–Crippen MR) is 82.4 cm³/mol. The minimum absolute atomic E-state index is 0.343. The monoisotopic (exact) mass is 277 g/mol. The second-order valence-corrected chi connectivity index (χ2v) is 6.23. The smallest absolute Gasteiger partial charge is 0.491 e. The van der Waals surface area contributed by atoms with Gasteiger partial charge in [0, 0.05) is 0 Å². The highest BCUT2D eigenvalue weighted by Gasteiger charge is 2.51. The van der Waals surface area contributed by atoms with Crippen LogP contribution in [0.2, 0.25) is 0 Å². The maximum atomic E-state index is 6.03. The van der Waals surface area contributed by atoms with Crippen LogP contribution in [0.15, 0.2) is 18.2 Å². The second-order valence-electron chi connectivity index (χ2n) is 6.23. The van der Waals surface area contributed by atoms with Gasteiger partial charge in [0.25, 0.3) is 0 Å². The number of hydrogen-bond acceptors (Lipinski definition) is 4. The van der Waals surface area contributed by atoms with E-state index in [4.69, 9.17) is 19.8 Å². The summed E-state index contributed by atoms with van der Waals surface area (Å²) < 4.78 is 17.6. The van der Waals surface area contributed by atoms with E-state index in [0.29, 0.717) is 18.0 Å². The van der Waals surface area contributed by atoms with Gasteiger partial charge in [-0.3, -0.25) is 0 Å². The maximum absolute atomic E-state index is 6.03. The van der Waals surface area contributed by atoms with Crippen molar-refractivity contribution >= 4 is 18.3 Å². The third kappa shape index (κ3) is 2.79. The van der Waals surface area contributed by atoms with Crippen LogP contribution in [0.5, 0.6) is 5.75 Å². The number of hydrogen-bond donors (Lipinski definition) is 1. The first-order valence-electron chi connectivity index (χ1n) is 7.14. The van der Waals surface area contributed by atoms with E-state index in [2.05, 4.69) is 6.92 Å². The minimum Gasteiger partial charge on any atom is -0.491 e. The average molecular weight is 277 g/mol. The molecule has 1 fully saturated rings. The first kappa shape index (κ1) is 15.2. The van der Waals surface area contributed by atoms with Gasteiger partial charge in [0.15, 0.2) is 0 Å². The molecule has 2 N–H and O–H groups in total. The van der Waals surface area contributed by atoms with Crippen molar-refractivity contribution in [2.24, 2.45) is 0 Å². The first-order valence-corrected chi connectivity index (χ1v) is 7.14. The van der Waals surface area contributed by atoms with Crippen LogP contribution in [0.25, 0.3) is 0 Å². The number of nitrogens with two attached hydrogens (primary N) is 1. The van der Waals surface area contributed by atoms with Gasteiger partial charge in [0.2, 0.25) is 0 Å². The van der Waals surface area contributed by atoms with Crippen molar-refractivity contribution in [1.29, 1.82) is 0 Å². The number of ether oxygens (including phenoxy) is 1. The lowest BCUT2D eigenvalue weighted by atomic mass is 9.79. The fourth-order valence-electron chi connectivity index (χ4n) is 2.04. The number of anilines is 1. The molecular formula is C15H24BNO3. The molecule has 5 heteroatoms. The predicted octanol–water partition coefficient (Wildman–Crippen LogP) is 2.36. The van der Waals surface area contributed by atoms with E-state index in [1.165, 1.54) is 0 Å². The molecule has 110 valence electrons. The molecule has 0 aliphatic carbocycles. The second kappa shape index (κ2) is 5.30. The highest BCUT2D eigenvalue weighted by molar-refractivity contribution is 6.62. The highest BCUT2D eigenvalue weighted by Crippen LogP contribution is 2.36. The third-order valence-electron chi connectivity index (χ3n) is 4.02. The molecule has 1 heterocycles. The molecule has 0 amide bonds. The molecule has 1 aromatic carbocycles. The van der Waals surface area contributed by atoms with Gasteiger partial charge in [-0.2, -0.15) is 0 Å². The molecule has 1 aromatic rings. The first-order chi connectivity index (χ1) is 9.27. The minimum atomic E-state index is -0.387. The van der Waals surface area contributed by atoms with Crippen LogP contribution in [-0.4, -0.2) is 24.9 Å². The van der Waals surface area contributed by atoms with Crippen LogP contribution >= 0.6 is 0 Å². The highest BCUT2D eigenvalue weighted by atomic mass is 16.7.